The average Bonchev–Trinajstić information content (AvgIpc) is 2.76. The largest absolute Gasteiger partial charge is 0.348 e. The SMILES string of the molecule is Cc1cc(C)n(CC(=O)Nc2ccc(C(=O)NCc3ccccc3F)cc2)c(=O)c1C#N. The molecule has 0 spiro atoms. The molecule has 0 fully saturated rings. The van der Waals surface area contributed by atoms with E-state index in [-0.39, 0.29) is 24.6 Å². The van der Waals surface area contributed by atoms with E-state index in [2.05, 4.69) is 10.6 Å². The molecule has 3 rings (SSSR count). The van der Waals surface area contributed by atoms with Gasteiger partial charge < -0.3 is 15.2 Å². The Morgan fingerprint density at radius 3 is 2.44 bits per heavy atom. The maximum absolute atomic E-state index is 13.7. The van der Waals surface area contributed by atoms with Gasteiger partial charge in [-0.2, -0.15) is 5.26 Å². The van der Waals surface area contributed by atoms with E-state index < -0.39 is 17.3 Å². The Bertz CT molecular complexity index is 1270. The van der Waals surface area contributed by atoms with Gasteiger partial charge in [0.25, 0.3) is 11.5 Å². The van der Waals surface area contributed by atoms with Gasteiger partial charge in [-0.3, -0.25) is 14.4 Å². The van der Waals surface area contributed by atoms with Crippen LogP contribution in [0.15, 0.2) is 59.4 Å². The molecule has 2 amide bonds. The lowest BCUT2D eigenvalue weighted by molar-refractivity contribution is -0.116. The molecule has 1 heterocycles. The van der Waals surface area contributed by atoms with Crippen molar-refractivity contribution in [3.8, 4) is 6.07 Å². The smallest absolute Gasteiger partial charge is 0.269 e. The lowest BCUT2D eigenvalue weighted by atomic mass is 10.1. The van der Waals surface area contributed by atoms with Gasteiger partial charge in [0, 0.05) is 29.1 Å². The Hall–Kier alpha value is -4.25. The number of halogens is 1. The summed E-state index contributed by atoms with van der Waals surface area (Å²) >= 11 is 0. The van der Waals surface area contributed by atoms with Crippen LogP contribution in [0.1, 0.15) is 32.7 Å². The third-order valence-corrected chi connectivity index (χ3v) is 4.95. The van der Waals surface area contributed by atoms with E-state index in [0.29, 0.717) is 28.1 Å². The van der Waals surface area contributed by atoms with E-state index in [1.54, 1.807) is 50.2 Å². The summed E-state index contributed by atoms with van der Waals surface area (Å²) in [6.07, 6.45) is 0. The molecule has 7 nitrogen and oxygen atoms in total. The maximum atomic E-state index is 13.7. The zero-order chi connectivity index (χ0) is 23.3. The second-order valence-electron chi connectivity index (χ2n) is 7.25. The summed E-state index contributed by atoms with van der Waals surface area (Å²) < 4.78 is 14.9. The standard InChI is InChI=1S/C24H21FN4O3/c1-15-11-16(2)29(24(32)20(15)12-26)14-22(30)28-19-9-7-17(8-10-19)23(31)27-13-18-5-3-4-6-21(18)25/h3-11H,13-14H2,1-2H3,(H,27,31)(H,28,30). The predicted octanol–water partition coefficient (Wildman–Crippen LogP) is 3.04. The zero-order valence-corrected chi connectivity index (χ0v) is 17.6. The van der Waals surface area contributed by atoms with E-state index in [1.165, 1.54) is 22.8 Å². The highest BCUT2D eigenvalue weighted by molar-refractivity contribution is 5.95. The van der Waals surface area contributed by atoms with Crippen LogP contribution in [0.2, 0.25) is 0 Å². The fraction of sp³-hybridized carbons (Fsp3) is 0.167. The number of anilines is 1. The molecule has 0 atom stereocenters. The van der Waals surface area contributed by atoms with Crippen LogP contribution in [-0.4, -0.2) is 16.4 Å². The van der Waals surface area contributed by atoms with Crippen molar-refractivity contribution in [1.29, 1.82) is 5.26 Å². The van der Waals surface area contributed by atoms with Crippen molar-refractivity contribution >= 4 is 17.5 Å². The molecule has 0 aliphatic rings. The number of nitrogens with one attached hydrogen (secondary N) is 2. The lowest BCUT2D eigenvalue weighted by Crippen LogP contribution is -2.31. The lowest BCUT2D eigenvalue weighted by Gasteiger charge is -2.12. The highest BCUT2D eigenvalue weighted by Crippen LogP contribution is 2.12. The minimum atomic E-state index is -0.512. The van der Waals surface area contributed by atoms with Gasteiger partial charge in [-0.15, -0.1) is 0 Å². The number of benzene rings is 2. The second-order valence-corrected chi connectivity index (χ2v) is 7.25. The number of carbonyl (C=O) groups is 2. The monoisotopic (exact) mass is 432 g/mol. The fourth-order valence-corrected chi connectivity index (χ4v) is 3.23. The molecule has 1 aromatic heterocycles. The van der Waals surface area contributed by atoms with E-state index in [9.17, 15) is 18.8 Å². The molecule has 0 saturated heterocycles. The number of hydrogen-bond donors (Lipinski definition) is 2. The first kappa shape index (κ1) is 22.4. The van der Waals surface area contributed by atoms with E-state index in [0.717, 1.165) is 0 Å². The van der Waals surface area contributed by atoms with Crippen molar-refractivity contribution in [2.45, 2.75) is 26.9 Å². The highest BCUT2D eigenvalue weighted by atomic mass is 19.1. The van der Waals surface area contributed by atoms with Crippen LogP contribution >= 0.6 is 0 Å². The van der Waals surface area contributed by atoms with Gasteiger partial charge in [0.2, 0.25) is 5.91 Å². The Morgan fingerprint density at radius 1 is 1.09 bits per heavy atom. The van der Waals surface area contributed by atoms with Gasteiger partial charge >= 0.3 is 0 Å². The number of amides is 2. The van der Waals surface area contributed by atoms with Crippen LogP contribution < -0.4 is 16.2 Å². The molecular formula is C24H21FN4O3. The molecule has 0 unspecified atom stereocenters. The summed E-state index contributed by atoms with van der Waals surface area (Å²) in [7, 11) is 0. The van der Waals surface area contributed by atoms with Crippen LogP contribution in [0.3, 0.4) is 0 Å². The topological polar surface area (TPSA) is 104 Å². The van der Waals surface area contributed by atoms with E-state index in [1.807, 2.05) is 6.07 Å². The van der Waals surface area contributed by atoms with Crippen LogP contribution in [0.4, 0.5) is 10.1 Å². The van der Waals surface area contributed by atoms with Gasteiger partial charge in [0.1, 0.15) is 24.0 Å². The number of aryl methyl sites for hydroxylation is 2. The van der Waals surface area contributed by atoms with Crippen LogP contribution in [0.25, 0.3) is 0 Å². The number of hydrogen-bond acceptors (Lipinski definition) is 4. The summed E-state index contributed by atoms with van der Waals surface area (Å²) in [4.78, 5) is 37.1. The molecule has 162 valence electrons. The Kier molecular flexibility index (Phi) is 6.80. The number of aromatic nitrogens is 1. The maximum Gasteiger partial charge on any atom is 0.269 e. The first-order valence-electron chi connectivity index (χ1n) is 9.83. The van der Waals surface area contributed by atoms with Crippen molar-refractivity contribution in [2.24, 2.45) is 0 Å². The molecule has 8 heteroatoms. The molecule has 32 heavy (non-hydrogen) atoms. The van der Waals surface area contributed by atoms with Gasteiger partial charge in [-0.1, -0.05) is 18.2 Å². The van der Waals surface area contributed by atoms with E-state index >= 15 is 0 Å². The molecule has 2 aromatic carbocycles. The summed E-state index contributed by atoms with van der Waals surface area (Å²) in [5.41, 5.74) is 1.81. The second kappa shape index (κ2) is 9.71. The molecule has 0 aliphatic heterocycles. The normalized spacial score (nSPS) is 10.3. The minimum absolute atomic E-state index is 0.00847. The quantitative estimate of drug-likeness (QED) is 0.625. The van der Waals surface area contributed by atoms with Crippen molar-refractivity contribution < 1.29 is 14.0 Å². The minimum Gasteiger partial charge on any atom is -0.348 e. The number of pyridine rings is 1. The predicted molar refractivity (Wildman–Crippen MR) is 118 cm³/mol. The third kappa shape index (κ3) is 5.08. The van der Waals surface area contributed by atoms with Crippen molar-refractivity contribution in [3.63, 3.8) is 0 Å². The van der Waals surface area contributed by atoms with Crippen molar-refractivity contribution in [1.82, 2.24) is 9.88 Å². The molecule has 0 bridgehead atoms. The third-order valence-electron chi connectivity index (χ3n) is 4.95. The number of rotatable bonds is 6. The molecular weight excluding hydrogens is 411 g/mol. The fourth-order valence-electron chi connectivity index (χ4n) is 3.23. The van der Waals surface area contributed by atoms with Crippen LogP contribution in [0.5, 0.6) is 0 Å². The molecule has 0 radical (unpaired) electrons. The van der Waals surface area contributed by atoms with Crippen molar-refractivity contribution in [3.05, 3.63) is 98.7 Å². The number of carbonyl (C=O) groups excluding carboxylic acids is 2. The van der Waals surface area contributed by atoms with E-state index in [4.69, 9.17) is 5.26 Å². The summed E-state index contributed by atoms with van der Waals surface area (Å²) in [5, 5.41) is 14.5. The Balaban J connectivity index is 1.63. The molecule has 0 saturated carbocycles. The first-order valence-corrected chi connectivity index (χ1v) is 9.83. The van der Waals surface area contributed by atoms with Crippen LogP contribution in [0, 0.1) is 31.0 Å². The summed E-state index contributed by atoms with van der Waals surface area (Å²) in [5.74, 6) is -1.22. The average molecular weight is 432 g/mol. The Morgan fingerprint density at radius 2 is 1.78 bits per heavy atom. The van der Waals surface area contributed by atoms with Gasteiger partial charge in [-0.25, -0.2) is 4.39 Å². The summed E-state index contributed by atoms with van der Waals surface area (Å²) in [6, 6.07) is 15.9. The molecule has 2 N–H and O–H groups in total. The molecule has 0 aliphatic carbocycles. The zero-order valence-electron chi connectivity index (χ0n) is 17.6. The first-order chi connectivity index (χ1) is 15.3. The number of nitrogens with zero attached hydrogens (tertiary/aromatic N) is 2. The Labute approximate surface area is 184 Å². The highest BCUT2D eigenvalue weighted by Gasteiger charge is 2.13. The molecule has 3 aromatic rings. The van der Waals surface area contributed by atoms with Crippen LogP contribution in [-0.2, 0) is 17.9 Å². The van der Waals surface area contributed by atoms with Crippen molar-refractivity contribution in [2.75, 3.05) is 5.32 Å². The van der Waals surface area contributed by atoms with Gasteiger partial charge in [-0.05, 0) is 55.8 Å². The summed E-state index contributed by atoms with van der Waals surface area (Å²) in [6.45, 7) is 3.17. The number of nitriles is 1. The van der Waals surface area contributed by atoms with Gasteiger partial charge in [0.15, 0.2) is 0 Å². The van der Waals surface area contributed by atoms with Gasteiger partial charge in [0.05, 0.1) is 0 Å².